The lowest BCUT2D eigenvalue weighted by atomic mass is 10.1. The van der Waals surface area contributed by atoms with Crippen LogP contribution < -0.4 is 10.1 Å². The number of nitrogens with zero attached hydrogens (tertiary/aromatic N) is 3. The van der Waals surface area contributed by atoms with Gasteiger partial charge in [0.2, 0.25) is 5.91 Å². The van der Waals surface area contributed by atoms with E-state index in [-0.39, 0.29) is 17.6 Å². The van der Waals surface area contributed by atoms with Gasteiger partial charge in [0.1, 0.15) is 17.6 Å². The summed E-state index contributed by atoms with van der Waals surface area (Å²) < 4.78 is 5.16. The van der Waals surface area contributed by atoms with Gasteiger partial charge in [0.25, 0.3) is 5.91 Å². The number of amidine groups is 2. The molecule has 0 radical (unpaired) electrons. The van der Waals surface area contributed by atoms with Gasteiger partial charge in [-0.3, -0.25) is 14.6 Å². The van der Waals surface area contributed by atoms with Crippen LogP contribution in [0.15, 0.2) is 58.5 Å². The largest absolute Gasteiger partial charge is 0.497 e. The molecule has 0 saturated heterocycles. The van der Waals surface area contributed by atoms with Crippen molar-refractivity contribution >= 4 is 46.0 Å². The molecule has 0 spiro atoms. The number of thioether (sulfide) groups is 1. The van der Waals surface area contributed by atoms with Crippen molar-refractivity contribution in [2.45, 2.75) is 13.0 Å². The summed E-state index contributed by atoms with van der Waals surface area (Å²) in [6.07, 6.45) is 0. The maximum atomic E-state index is 12.6. The first-order valence-corrected chi connectivity index (χ1v) is 9.72. The van der Waals surface area contributed by atoms with Gasteiger partial charge >= 0.3 is 0 Å². The fourth-order valence-electron chi connectivity index (χ4n) is 3.00. The van der Waals surface area contributed by atoms with E-state index in [0.29, 0.717) is 22.4 Å². The van der Waals surface area contributed by atoms with E-state index in [9.17, 15) is 9.59 Å². The lowest BCUT2D eigenvalue weighted by Crippen LogP contribution is -2.41. The highest BCUT2D eigenvalue weighted by Gasteiger charge is 2.39. The smallest absolute Gasteiger partial charge is 0.258 e. The van der Waals surface area contributed by atoms with Gasteiger partial charge in [-0.1, -0.05) is 30.0 Å². The second kappa shape index (κ2) is 7.47. The molecule has 2 aliphatic heterocycles. The molecule has 2 aromatic rings. The van der Waals surface area contributed by atoms with Crippen LogP contribution in [0, 0.1) is 0 Å². The van der Waals surface area contributed by atoms with Crippen LogP contribution in [-0.4, -0.2) is 46.6 Å². The molecule has 0 saturated carbocycles. The van der Waals surface area contributed by atoms with Crippen LogP contribution in [0.4, 0.5) is 11.4 Å². The molecule has 8 heteroatoms. The Bertz CT molecular complexity index is 1020. The molecule has 2 heterocycles. The number of hydrogen-bond acceptors (Lipinski definition) is 6. The standard InChI is InChI=1S/C20H18N4O3S/c1-12-19(26)24-18(21-12)15-8-3-4-9-16(15)23-20(24)28-11-17(25)22-13-6-5-7-14(10-13)27-2/h3-10,12H,11H2,1-2H3,(H,22,25). The summed E-state index contributed by atoms with van der Waals surface area (Å²) in [7, 11) is 1.57. The lowest BCUT2D eigenvalue weighted by molar-refractivity contribution is -0.124. The monoisotopic (exact) mass is 394 g/mol. The number of anilines is 1. The highest BCUT2D eigenvalue weighted by molar-refractivity contribution is 8.14. The molecule has 4 rings (SSSR count). The van der Waals surface area contributed by atoms with Gasteiger partial charge in [-0.15, -0.1) is 0 Å². The van der Waals surface area contributed by atoms with Crippen LogP contribution in [0.25, 0.3) is 0 Å². The van der Waals surface area contributed by atoms with Crippen LogP contribution in [0.2, 0.25) is 0 Å². The van der Waals surface area contributed by atoms with Gasteiger partial charge < -0.3 is 10.1 Å². The number of ether oxygens (including phenoxy) is 1. The van der Waals surface area contributed by atoms with Crippen molar-refractivity contribution in [1.82, 2.24) is 4.90 Å². The maximum absolute atomic E-state index is 12.6. The predicted octanol–water partition coefficient (Wildman–Crippen LogP) is 3.05. The van der Waals surface area contributed by atoms with Crippen molar-refractivity contribution in [2.24, 2.45) is 9.98 Å². The molecule has 142 valence electrons. The number of para-hydroxylation sites is 1. The highest BCUT2D eigenvalue weighted by Crippen LogP contribution is 2.33. The van der Waals surface area contributed by atoms with E-state index in [2.05, 4.69) is 15.3 Å². The number of methoxy groups -OCH3 is 1. The molecule has 1 N–H and O–H groups in total. The average molecular weight is 394 g/mol. The number of hydrogen-bond donors (Lipinski definition) is 1. The van der Waals surface area contributed by atoms with Crippen LogP contribution in [-0.2, 0) is 9.59 Å². The Morgan fingerprint density at radius 3 is 2.89 bits per heavy atom. The van der Waals surface area contributed by atoms with E-state index in [1.54, 1.807) is 38.3 Å². The molecule has 0 aromatic heterocycles. The van der Waals surface area contributed by atoms with Gasteiger partial charge in [-0.05, 0) is 31.2 Å². The summed E-state index contributed by atoms with van der Waals surface area (Å²) in [5, 5.41) is 3.29. The van der Waals surface area contributed by atoms with Crippen molar-refractivity contribution in [1.29, 1.82) is 0 Å². The Morgan fingerprint density at radius 1 is 1.25 bits per heavy atom. The summed E-state index contributed by atoms with van der Waals surface area (Å²) in [5.74, 6) is 1.04. The quantitative estimate of drug-likeness (QED) is 0.864. The van der Waals surface area contributed by atoms with Crippen molar-refractivity contribution in [3.8, 4) is 5.75 Å². The fraction of sp³-hybridized carbons (Fsp3) is 0.200. The van der Waals surface area contributed by atoms with E-state index in [0.717, 1.165) is 11.3 Å². The van der Waals surface area contributed by atoms with E-state index < -0.39 is 6.04 Å². The first-order chi connectivity index (χ1) is 13.6. The molecule has 0 bridgehead atoms. The molecule has 28 heavy (non-hydrogen) atoms. The normalized spacial score (nSPS) is 17.4. The molecule has 2 amide bonds. The number of carbonyl (C=O) groups is 2. The summed E-state index contributed by atoms with van der Waals surface area (Å²) in [5.41, 5.74) is 2.22. The first-order valence-electron chi connectivity index (χ1n) is 8.73. The topological polar surface area (TPSA) is 83.4 Å². The van der Waals surface area contributed by atoms with Crippen molar-refractivity contribution in [3.63, 3.8) is 0 Å². The molecule has 0 aliphatic carbocycles. The van der Waals surface area contributed by atoms with Crippen molar-refractivity contribution in [3.05, 3.63) is 54.1 Å². The van der Waals surface area contributed by atoms with E-state index >= 15 is 0 Å². The molecular formula is C20H18N4O3S. The predicted molar refractivity (Wildman–Crippen MR) is 110 cm³/mol. The molecule has 2 aliphatic rings. The summed E-state index contributed by atoms with van der Waals surface area (Å²) in [4.78, 5) is 35.5. The van der Waals surface area contributed by atoms with Crippen LogP contribution in [0.5, 0.6) is 5.75 Å². The van der Waals surface area contributed by atoms with E-state index in [4.69, 9.17) is 4.74 Å². The zero-order chi connectivity index (χ0) is 19.7. The molecule has 2 aromatic carbocycles. The number of amides is 2. The first kappa shape index (κ1) is 18.2. The Labute approximate surface area is 166 Å². The SMILES string of the molecule is COc1cccc(NC(=O)CSC2=Nc3ccccc3C3=NC(C)C(=O)N23)c1. The van der Waals surface area contributed by atoms with Crippen molar-refractivity contribution in [2.75, 3.05) is 18.2 Å². The third-order valence-corrected chi connectivity index (χ3v) is 5.28. The van der Waals surface area contributed by atoms with E-state index in [1.807, 2.05) is 24.3 Å². The van der Waals surface area contributed by atoms with Gasteiger partial charge in [0, 0.05) is 17.3 Å². The molecule has 0 fully saturated rings. The molecular weight excluding hydrogens is 376 g/mol. The minimum Gasteiger partial charge on any atom is -0.497 e. The van der Waals surface area contributed by atoms with Crippen LogP contribution >= 0.6 is 11.8 Å². The Kier molecular flexibility index (Phi) is 4.87. The van der Waals surface area contributed by atoms with Gasteiger partial charge in [-0.25, -0.2) is 9.89 Å². The number of fused-ring (bicyclic) bond motifs is 3. The molecule has 1 atom stereocenters. The average Bonchev–Trinajstić information content (AvgIpc) is 3.01. The number of nitrogens with one attached hydrogen (secondary N) is 1. The Balaban J connectivity index is 1.51. The zero-order valence-corrected chi connectivity index (χ0v) is 16.2. The third-order valence-electron chi connectivity index (χ3n) is 4.34. The van der Waals surface area contributed by atoms with Crippen molar-refractivity contribution < 1.29 is 14.3 Å². The second-order valence-electron chi connectivity index (χ2n) is 6.28. The number of benzene rings is 2. The summed E-state index contributed by atoms with van der Waals surface area (Å²) in [6, 6.07) is 14.2. The third kappa shape index (κ3) is 3.38. The van der Waals surface area contributed by atoms with Gasteiger partial charge in [-0.2, -0.15) is 0 Å². The minimum absolute atomic E-state index is 0.115. The second-order valence-corrected chi connectivity index (χ2v) is 7.23. The molecule has 1 unspecified atom stereocenters. The number of aliphatic imine (C=N–C) groups is 2. The Hall–Kier alpha value is -3.13. The highest BCUT2D eigenvalue weighted by atomic mass is 32.2. The number of rotatable bonds is 4. The minimum atomic E-state index is -0.461. The number of carbonyl (C=O) groups excluding carboxylic acids is 2. The van der Waals surface area contributed by atoms with Crippen LogP contribution in [0.1, 0.15) is 12.5 Å². The lowest BCUT2D eigenvalue weighted by Gasteiger charge is -2.25. The summed E-state index contributed by atoms with van der Waals surface area (Å²) in [6.45, 7) is 1.76. The maximum Gasteiger partial charge on any atom is 0.258 e. The van der Waals surface area contributed by atoms with Crippen LogP contribution in [0.3, 0.4) is 0 Å². The zero-order valence-electron chi connectivity index (χ0n) is 15.4. The van der Waals surface area contributed by atoms with Gasteiger partial charge in [0.05, 0.1) is 18.6 Å². The fourth-order valence-corrected chi connectivity index (χ4v) is 3.80. The van der Waals surface area contributed by atoms with Gasteiger partial charge in [0.15, 0.2) is 5.17 Å². The summed E-state index contributed by atoms with van der Waals surface area (Å²) >= 11 is 1.21. The molecule has 7 nitrogen and oxygen atoms in total. The Morgan fingerprint density at radius 2 is 2.07 bits per heavy atom. The van der Waals surface area contributed by atoms with E-state index in [1.165, 1.54) is 16.7 Å².